The minimum absolute atomic E-state index is 0.0821. The van der Waals surface area contributed by atoms with E-state index in [-0.39, 0.29) is 32.7 Å². The Morgan fingerprint density at radius 3 is 2.94 bits per heavy atom. The first-order valence-electron chi connectivity index (χ1n) is 10.3. The Morgan fingerprint density at radius 2 is 2.12 bits per heavy atom. The van der Waals surface area contributed by atoms with E-state index in [4.69, 9.17) is 31.3 Å². The summed E-state index contributed by atoms with van der Waals surface area (Å²) in [5.41, 5.74) is 0. The molecular formula is C13H26O4. The molecule has 0 bridgehead atoms. The van der Waals surface area contributed by atoms with Crippen molar-refractivity contribution >= 4 is 0 Å². The fourth-order valence-corrected chi connectivity index (χ4v) is 1.40. The quantitative estimate of drug-likeness (QED) is 0.562. The van der Waals surface area contributed by atoms with E-state index in [0.717, 1.165) is 19.3 Å². The van der Waals surface area contributed by atoms with Crippen LogP contribution in [0.3, 0.4) is 0 Å². The Hall–Kier alpha value is -0.160. The molecule has 0 amide bonds. The summed E-state index contributed by atoms with van der Waals surface area (Å²) in [6.07, 6.45) is -4.19. The van der Waals surface area contributed by atoms with Crippen molar-refractivity contribution in [2.75, 3.05) is 39.6 Å². The maximum Gasteiger partial charge on any atom is 0.157 e. The highest BCUT2D eigenvalue weighted by Crippen LogP contribution is 2.13. The van der Waals surface area contributed by atoms with E-state index in [2.05, 4.69) is 0 Å². The lowest BCUT2D eigenvalue weighted by Gasteiger charge is -2.22. The highest BCUT2D eigenvalue weighted by Gasteiger charge is 2.13. The van der Waals surface area contributed by atoms with Crippen LogP contribution in [0.15, 0.2) is 0 Å². The minimum Gasteiger partial charge on any atom is -0.379 e. The second kappa shape index (κ2) is 11.0. The van der Waals surface area contributed by atoms with Gasteiger partial charge in [0.05, 0.1) is 29.2 Å². The van der Waals surface area contributed by atoms with Crippen molar-refractivity contribution in [3.05, 3.63) is 0 Å². The second-order valence-electron chi connectivity index (χ2n) is 3.48. The van der Waals surface area contributed by atoms with Gasteiger partial charge < -0.3 is 18.9 Å². The van der Waals surface area contributed by atoms with Gasteiger partial charge in [-0.05, 0) is 25.6 Å². The molecule has 0 aromatic rings. The topological polar surface area (TPSA) is 36.9 Å². The summed E-state index contributed by atoms with van der Waals surface area (Å²) in [6.45, 7) is -5.80. The van der Waals surface area contributed by atoms with Gasteiger partial charge in [-0.3, -0.25) is 0 Å². The second-order valence-corrected chi connectivity index (χ2v) is 3.48. The Balaban J connectivity index is 2.31. The molecule has 1 aliphatic heterocycles. The van der Waals surface area contributed by atoms with Crippen molar-refractivity contribution in [3.8, 4) is 0 Å². The predicted octanol–water partition coefficient (Wildman–Crippen LogP) is 2.36. The normalized spacial score (nSPS) is 31.8. The van der Waals surface area contributed by atoms with Crippen molar-refractivity contribution in [1.82, 2.24) is 0 Å². The fourth-order valence-electron chi connectivity index (χ4n) is 1.40. The van der Waals surface area contributed by atoms with Gasteiger partial charge >= 0.3 is 0 Å². The fraction of sp³-hybridized carbons (Fsp3) is 1.00. The molecule has 0 N–H and O–H groups in total. The third-order valence-electron chi connectivity index (χ3n) is 2.18. The first-order chi connectivity index (χ1) is 11.8. The standard InChI is InChI=1S/C13H26O4/c1-2-3-7-14-9-10-15-11-12-17-13-6-4-5-8-16-13/h13H,2-12H2,1H3/i1D3,2D2,3D2,7D2. The molecule has 102 valence electrons. The molecule has 1 aliphatic rings. The average Bonchev–Trinajstić information content (AvgIpc) is 2.53. The zero-order chi connectivity index (χ0) is 20.1. The predicted molar refractivity (Wildman–Crippen MR) is 66.1 cm³/mol. The van der Waals surface area contributed by atoms with E-state index < -0.39 is 26.2 Å². The molecule has 4 nitrogen and oxygen atoms in total. The average molecular weight is 255 g/mol. The number of rotatable bonds is 10. The van der Waals surface area contributed by atoms with Crippen LogP contribution in [0, 0.1) is 0 Å². The van der Waals surface area contributed by atoms with E-state index in [1.54, 1.807) is 0 Å². The molecular weight excluding hydrogens is 220 g/mol. The number of hydrogen-bond donors (Lipinski definition) is 0. The Labute approximate surface area is 117 Å². The molecule has 0 radical (unpaired) electrons. The highest BCUT2D eigenvalue weighted by molar-refractivity contribution is 4.53. The van der Waals surface area contributed by atoms with Gasteiger partial charge in [0.1, 0.15) is 0 Å². The summed E-state index contributed by atoms with van der Waals surface area (Å²) in [5, 5.41) is 0. The van der Waals surface area contributed by atoms with Crippen molar-refractivity contribution in [2.24, 2.45) is 0 Å². The third kappa shape index (κ3) is 8.55. The first-order valence-corrected chi connectivity index (χ1v) is 5.78. The molecule has 0 spiro atoms. The van der Waals surface area contributed by atoms with Crippen molar-refractivity contribution in [3.63, 3.8) is 0 Å². The summed E-state index contributed by atoms with van der Waals surface area (Å²) in [6, 6.07) is 0. The molecule has 1 saturated heterocycles. The molecule has 4 heteroatoms. The summed E-state index contributed by atoms with van der Waals surface area (Å²) in [7, 11) is 0. The van der Waals surface area contributed by atoms with Gasteiger partial charge in [0.2, 0.25) is 0 Å². The van der Waals surface area contributed by atoms with Gasteiger partial charge in [-0.15, -0.1) is 0 Å². The van der Waals surface area contributed by atoms with Crippen LogP contribution in [0.5, 0.6) is 0 Å². The molecule has 0 aromatic carbocycles. The first kappa shape index (κ1) is 6.33. The Morgan fingerprint density at radius 1 is 1.24 bits per heavy atom. The van der Waals surface area contributed by atoms with E-state index in [9.17, 15) is 0 Å². The lowest BCUT2D eigenvalue weighted by Crippen LogP contribution is -2.24. The zero-order valence-electron chi connectivity index (χ0n) is 18.9. The van der Waals surface area contributed by atoms with Crippen LogP contribution in [0.1, 0.15) is 51.2 Å². The lowest BCUT2D eigenvalue weighted by atomic mass is 10.2. The molecule has 0 aromatic heterocycles. The summed E-state index contributed by atoms with van der Waals surface area (Å²) in [5.74, 6) is 0. The Bertz CT molecular complexity index is 422. The molecule has 1 atom stereocenters. The van der Waals surface area contributed by atoms with E-state index >= 15 is 0 Å². The van der Waals surface area contributed by atoms with E-state index in [1.165, 1.54) is 0 Å². The van der Waals surface area contributed by atoms with Gasteiger partial charge in [0.15, 0.2) is 6.29 Å². The zero-order valence-corrected chi connectivity index (χ0v) is 9.87. The molecule has 1 unspecified atom stereocenters. The van der Waals surface area contributed by atoms with Crippen LogP contribution in [-0.2, 0) is 18.9 Å². The van der Waals surface area contributed by atoms with E-state index in [0.29, 0.717) is 6.61 Å². The van der Waals surface area contributed by atoms with Crippen molar-refractivity contribution in [1.29, 1.82) is 0 Å². The summed E-state index contributed by atoms with van der Waals surface area (Å²) < 4.78 is 87.3. The smallest absolute Gasteiger partial charge is 0.157 e. The van der Waals surface area contributed by atoms with Crippen LogP contribution in [0.25, 0.3) is 0 Å². The maximum atomic E-state index is 7.60. The molecule has 1 rings (SSSR count). The largest absolute Gasteiger partial charge is 0.379 e. The van der Waals surface area contributed by atoms with Crippen LogP contribution in [-0.4, -0.2) is 45.9 Å². The van der Waals surface area contributed by atoms with Gasteiger partial charge in [-0.2, -0.15) is 0 Å². The summed E-state index contributed by atoms with van der Waals surface area (Å²) in [4.78, 5) is 0. The highest BCUT2D eigenvalue weighted by atomic mass is 16.7. The number of ether oxygens (including phenoxy) is 4. The molecule has 0 aliphatic carbocycles. The number of hydrogen-bond acceptors (Lipinski definition) is 4. The van der Waals surface area contributed by atoms with Crippen molar-refractivity contribution in [2.45, 2.75) is 45.2 Å². The van der Waals surface area contributed by atoms with Crippen LogP contribution >= 0.6 is 0 Å². The van der Waals surface area contributed by atoms with Crippen LogP contribution < -0.4 is 0 Å². The van der Waals surface area contributed by atoms with Crippen LogP contribution in [0.2, 0.25) is 0 Å². The lowest BCUT2D eigenvalue weighted by molar-refractivity contribution is -0.169. The molecule has 1 fully saturated rings. The van der Waals surface area contributed by atoms with Gasteiger partial charge in [0, 0.05) is 22.8 Å². The third-order valence-corrected chi connectivity index (χ3v) is 2.18. The van der Waals surface area contributed by atoms with E-state index in [1.807, 2.05) is 0 Å². The van der Waals surface area contributed by atoms with Crippen LogP contribution in [0.4, 0.5) is 0 Å². The molecule has 1 heterocycles. The SMILES string of the molecule is [2H]C([2H])([2H])C([2H])([2H])C([2H])([2H])C([2H])([2H])OCCOCCOC1CCCCO1. The van der Waals surface area contributed by atoms with Gasteiger partial charge in [0.25, 0.3) is 0 Å². The van der Waals surface area contributed by atoms with Gasteiger partial charge in [-0.1, -0.05) is 13.2 Å². The molecule has 17 heavy (non-hydrogen) atoms. The Kier molecular flexibility index (Phi) is 4.08. The minimum atomic E-state index is -3.43. The molecule has 0 saturated carbocycles. The van der Waals surface area contributed by atoms with Crippen molar-refractivity contribution < 1.29 is 31.3 Å². The summed E-state index contributed by atoms with van der Waals surface area (Å²) >= 11 is 0. The maximum absolute atomic E-state index is 7.60. The van der Waals surface area contributed by atoms with Gasteiger partial charge in [-0.25, -0.2) is 0 Å². The monoisotopic (exact) mass is 255 g/mol.